The summed E-state index contributed by atoms with van der Waals surface area (Å²) >= 11 is 3.63. The van der Waals surface area contributed by atoms with E-state index in [-0.39, 0.29) is 6.04 Å². The number of aryl methyl sites for hydroxylation is 2. The average Bonchev–Trinajstić information content (AvgIpc) is 3.03. The first-order valence-corrected chi connectivity index (χ1v) is 7.64. The third-order valence-electron chi connectivity index (χ3n) is 3.67. The van der Waals surface area contributed by atoms with Crippen LogP contribution in [0.2, 0.25) is 0 Å². The first-order chi connectivity index (χ1) is 10.1. The molecule has 0 aliphatic heterocycles. The van der Waals surface area contributed by atoms with E-state index in [1.807, 2.05) is 24.1 Å². The molecule has 0 radical (unpaired) electrons. The minimum Gasteiger partial charge on any atom is -0.324 e. The Morgan fingerprint density at radius 1 is 1.38 bits per heavy atom. The summed E-state index contributed by atoms with van der Waals surface area (Å²) < 4.78 is 4.74. The maximum atomic E-state index is 6.38. The van der Waals surface area contributed by atoms with Crippen LogP contribution in [0, 0.1) is 0 Å². The van der Waals surface area contributed by atoms with E-state index in [1.165, 1.54) is 0 Å². The van der Waals surface area contributed by atoms with E-state index in [2.05, 4.69) is 38.0 Å². The van der Waals surface area contributed by atoms with Gasteiger partial charge in [0.15, 0.2) is 0 Å². The van der Waals surface area contributed by atoms with Crippen molar-refractivity contribution in [2.45, 2.75) is 25.8 Å². The van der Waals surface area contributed by atoms with Crippen molar-refractivity contribution in [2.24, 2.45) is 12.8 Å². The van der Waals surface area contributed by atoms with Gasteiger partial charge in [-0.2, -0.15) is 10.2 Å². The maximum absolute atomic E-state index is 6.38. The number of aromatic nitrogens is 5. The van der Waals surface area contributed by atoms with Gasteiger partial charge in [-0.05, 0) is 22.4 Å². The van der Waals surface area contributed by atoms with Crippen molar-refractivity contribution < 1.29 is 0 Å². The summed E-state index contributed by atoms with van der Waals surface area (Å²) in [5.41, 5.74) is 10.5. The Hall–Kier alpha value is -1.73. The minimum atomic E-state index is -0.150. The van der Waals surface area contributed by atoms with Crippen molar-refractivity contribution in [3.05, 3.63) is 46.2 Å². The Morgan fingerprint density at radius 3 is 2.90 bits per heavy atom. The normalized spacial score (nSPS) is 13.0. The Bertz CT molecular complexity index is 775. The highest BCUT2D eigenvalue weighted by atomic mass is 79.9. The summed E-state index contributed by atoms with van der Waals surface area (Å²) in [6.07, 6.45) is 8.72. The molecule has 7 heteroatoms. The number of hydrogen-bond acceptors (Lipinski definition) is 4. The standard InChI is InChI=1S/C14H17BrN6/c1-3-11-14(15)12(20(2)19-11)6-10(16)9-7-18-21-5-4-17-8-13(9)21/h4-5,7-8,10H,3,6,16H2,1-2H3. The van der Waals surface area contributed by atoms with Gasteiger partial charge in [-0.1, -0.05) is 6.92 Å². The molecule has 0 aliphatic rings. The molecule has 3 aromatic rings. The van der Waals surface area contributed by atoms with Gasteiger partial charge in [0.25, 0.3) is 0 Å². The molecule has 1 atom stereocenters. The van der Waals surface area contributed by atoms with Crippen LogP contribution < -0.4 is 5.73 Å². The van der Waals surface area contributed by atoms with Gasteiger partial charge in [-0.15, -0.1) is 0 Å². The zero-order valence-corrected chi connectivity index (χ0v) is 13.6. The highest BCUT2D eigenvalue weighted by molar-refractivity contribution is 9.10. The van der Waals surface area contributed by atoms with Crippen molar-refractivity contribution in [3.63, 3.8) is 0 Å². The number of hydrogen-bond donors (Lipinski definition) is 1. The molecule has 0 aromatic carbocycles. The second-order valence-electron chi connectivity index (χ2n) is 5.00. The van der Waals surface area contributed by atoms with Gasteiger partial charge in [-0.3, -0.25) is 9.67 Å². The smallest absolute Gasteiger partial charge is 0.0892 e. The number of rotatable bonds is 4. The first kappa shape index (κ1) is 14.2. The van der Waals surface area contributed by atoms with Gasteiger partial charge in [0.1, 0.15) is 0 Å². The van der Waals surface area contributed by atoms with Crippen LogP contribution >= 0.6 is 15.9 Å². The lowest BCUT2D eigenvalue weighted by Gasteiger charge is -2.11. The van der Waals surface area contributed by atoms with E-state index in [1.54, 1.807) is 16.9 Å². The second-order valence-corrected chi connectivity index (χ2v) is 5.79. The van der Waals surface area contributed by atoms with E-state index in [0.717, 1.165) is 33.4 Å². The van der Waals surface area contributed by atoms with Crippen LogP contribution in [-0.4, -0.2) is 24.4 Å². The van der Waals surface area contributed by atoms with Gasteiger partial charge in [0.2, 0.25) is 0 Å². The molecule has 1 unspecified atom stereocenters. The van der Waals surface area contributed by atoms with Crippen LogP contribution in [0.5, 0.6) is 0 Å². The zero-order chi connectivity index (χ0) is 15.0. The van der Waals surface area contributed by atoms with Crippen LogP contribution in [0.15, 0.2) is 29.3 Å². The lowest BCUT2D eigenvalue weighted by molar-refractivity contribution is 0.639. The zero-order valence-electron chi connectivity index (χ0n) is 12.0. The second kappa shape index (κ2) is 5.57. The average molecular weight is 349 g/mol. The molecule has 6 nitrogen and oxygen atoms in total. The third-order valence-corrected chi connectivity index (χ3v) is 4.59. The van der Waals surface area contributed by atoms with E-state index < -0.39 is 0 Å². The van der Waals surface area contributed by atoms with Crippen LogP contribution in [0.25, 0.3) is 5.52 Å². The molecule has 110 valence electrons. The molecule has 3 heterocycles. The molecular weight excluding hydrogens is 332 g/mol. The molecule has 21 heavy (non-hydrogen) atoms. The monoisotopic (exact) mass is 348 g/mol. The Labute approximate surface area is 131 Å². The number of nitrogens with two attached hydrogens (primary N) is 1. The highest BCUT2D eigenvalue weighted by Crippen LogP contribution is 2.27. The number of nitrogens with zero attached hydrogens (tertiary/aromatic N) is 5. The van der Waals surface area contributed by atoms with E-state index in [9.17, 15) is 0 Å². The molecule has 0 spiro atoms. The van der Waals surface area contributed by atoms with E-state index >= 15 is 0 Å². The predicted molar refractivity (Wildman–Crippen MR) is 83.9 cm³/mol. The fourth-order valence-corrected chi connectivity index (χ4v) is 3.28. The largest absolute Gasteiger partial charge is 0.324 e. The van der Waals surface area contributed by atoms with Crippen molar-refractivity contribution >= 4 is 21.4 Å². The maximum Gasteiger partial charge on any atom is 0.0892 e. The number of halogens is 1. The SMILES string of the molecule is CCc1nn(C)c(CC(N)c2cnn3ccncc23)c1Br. The Morgan fingerprint density at radius 2 is 2.19 bits per heavy atom. The Balaban J connectivity index is 1.93. The highest BCUT2D eigenvalue weighted by Gasteiger charge is 2.19. The van der Waals surface area contributed by atoms with Gasteiger partial charge >= 0.3 is 0 Å². The fraction of sp³-hybridized carbons (Fsp3) is 0.357. The van der Waals surface area contributed by atoms with Crippen LogP contribution in [-0.2, 0) is 19.9 Å². The van der Waals surface area contributed by atoms with Crippen molar-refractivity contribution in [3.8, 4) is 0 Å². The van der Waals surface area contributed by atoms with Gasteiger partial charge in [-0.25, -0.2) is 4.52 Å². The summed E-state index contributed by atoms with van der Waals surface area (Å²) in [7, 11) is 1.95. The van der Waals surface area contributed by atoms with E-state index in [0.29, 0.717) is 6.42 Å². The van der Waals surface area contributed by atoms with Crippen molar-refractivity contribution in [2.75, 3.05) is 0 Å². The lowest BCUT2D eigenvalue weighted by atomic mass is 10.0. The third kappa shape index (κ3) is 2.47. The quantitative estimate of drug-likeness (QED) is 0.782. The van der Waals surface area contributed by atoms with E-state index in [4.69, 9.17) is 5.73 Å². The summed E-state index contributed by atoms with van der Waals surface area (Å²) in [4.78, 5) is 4.14. The molecule has 3 rings (SSSR count). The van der Waals surface area contributed by atoms with Crippen LogP contribution in [0.1, 0.15) is 29.9 Å². The summed E-state index contributed by atoms with van der Waals surface area (Å²) in [5, 5.41) is 8.82. The minimum absolute atomic E-state index is 0.150. The molecule has 2 N–H and O–H groups in total. The molecular formula is C14H17BrN6. The first-order valence-electron chi connectivity index (χ1n) is 6.84. The molecule has 0 saturated carbocycles. The topological polar surface area (TPSA) is 74.0 Å². The molecule has 3 aromatic heterocycles. The fourth-order valence-electron chi connectivity index (χ4n) is 2.50. The molecule has 0 saturated heterocycles. The molecule has 0 bridgehead atoms. The molecule has 0 amide bonds. The summed E-state index contributed by atoms with van der Waals surface area (Å²) in [5.74, 6) is 0. The van der Waals surface area contributed by atoms with Crippen molar-refractivity contribution in [1.82, 2.24) is 24.4 Å². The van der Waals surface area contributed by atoms with Gasteiger partial charge < -0.3 is 5.73 Å². The number of fused-ring (bicyclic) bond motifs is 1. The summed E-state index contributed by atoms with van der Waals surface area (Å²) in [6.45, 7) is 2.09. The lowest BCUT2D eigenvalue weighted by Crippen LogP contribution is -2.15. The Kier molecular flexibility index (Phi) is 3.77. The van der Waals surface area contributed by atoms with Crippen LogP contribution in [0.3, 0.4) is 0 Å². The predicted octanol–water partition coefficient (Wildman–Crippen LogP) is 2.03. The van der Waals surface area contributed by atoms with Gasteiger partial charge in [0.05, 0.1) is 33.8 Å². The molecule has 0 fully saturated rings. The summed E-state index contributed by atoms with van der Waals surface area (Å²) in [6, 6.07) is -0.150. The molecule has 0 aliphatic carbocycles. The van der Waals surface area contributed by atoms with Crippen LogP contribution in [0.4, 0.5) is 0 Å². The van der Waals surface area contributed by atoms with Crippen molar-refractivity contribution in [1.29, 1.82) is 0 Å². The van der Waals surface area contributed by atoms with Gasteiger partial charge in [0, 0.05) is 37.5 Å².